The van der Waals surface area contributed by atoms with E-state index in [0.717, 1.165) is 12.1 Å². The topological polar surface area (TPSA) is 114 Å². The van der Waals surface area contributed by atoms with Crippen LogP contribution in [0.15, 0.2) is 53.0 Å². The van der Waals surface area contributed by atoms with Crippen LogP contribution in [0.3, 0.4) is 0 Å². The molecule has 262 valence electrons. The van der Waals surface area contributed by atoms with Gasteiger partial charge in [-0.15, -0.1) is 23.2 Å². The zero-order valence-corrected chi connectivity index (χ0v) is 31.4. The van der Waals surface area contributed by atoms with Gasteiger partial charge in [0.05, 0.1) is 27.2 Å². The number of amides is 4. The summed E-state index contributed by atoms with van der Waals surface area (Å²) in [5.74, 6) is -5.75. The maximum absolute atomic E-state index is 16.0. The second kappa shape index (κ2) is 14.2. The van der Waals surface area contributed by atoms with Crippen LogP contribution in [0.2, 0.25) is 10.0 Å². The molecule has 2 N–H and O–H groups in total. The Morgan fingerprint density at radius 1 is 0.837 bits per heavy atom. The Morgan fingerprint density at radius 2 is 1.41 bits per heavy atom. The van der Waals surface area contributed by atoms with Gasteiger partial charge in [-0.2, -0.15) is 4.90 Å². The predicted molar refractivity (Wildman–Crippen MR) is 189 cm³/mol. The standard InChI is InChI=1S/C33H30BrCl4F2N3O6/c1-31(2,3)48-29(46)43(30(47)49-32(4,5)6)26-21(39)11-12-22(25(26)40)42-27(44)17-14-16(8-10-19(17)35)41-28(45)24-23(33(24,37)38)15-7-9-20(36)18(34)13-15/h7-14,23-24H,1-6H3,(H,41,45)(H,42,44). The van der Waals surface area contributed by atoms with E-state index in [1.807, 2.05) is 0 Å². The largest absolute Gasteiger partial charge is 0.443 e. The first-order valence-corrected chi connectivity index (χ1v) is 16.8. The Labute approximate surface area is 309 Å². The Balaban J connectivity index is 1.60. The van der Waals surface area contributed by atoms with Gasteiger partial charge in [-0.3, -0.25) is 9.59 Å². The molecule has 4 amide bonds. The summed E-state index contributed by atoms with van der Waals surface area (Å²) in [5, 5.41) is 5.31. The molecule has 0 aliphatic heterocycles. The first kappa shape index (κ1) is 38.6. The van der Waals surface area contributed by atoms with Crippen LogP contribution in [-0.2, 0) is 14.3 Å². The summed E-state index contributed by atoms with van der Waals surface area (Å²) in [7, 11) is 0. The fraction of sp³-hybridized carbons (Fsp3) is 0.333. The van der Waals surface area contributed by atoms with Gasteiger partial charge >= 0.3 is 12.2 Å². The van der Waals surface area contributed by atoms with Crippen LogP contribution in [0, 0.1) is 17.6 Å². The lowest BCUT2D eigenvalue weighted by atomic mass is 10.1. The molecule has 0 bridgehead atoms. The molecule has 0 radical (unpaired) electrons. The van der Waals surface area contributed by atoms with Crippen molar-refractivity contribution < 1.29 is 37.4 Å². The average molecular weight is 824 g/mol. The van der Waals surface area contributed by atoms with Crippen molar-refractivity contribution >= 4 is 103 Å². The number of nitrogens with zero attached hydrogens (tertiary/aromatic N) is 1. The molecular formula is C33H30BrCl4F2N3O6. The van der Waals surface area contributed by atoms with Gasteiger partial charge in [0, 0.05) is 16.1 Å². The normalized spacial score (nSPS) is 16.8. The minimum absolute atomic E-state index is 0.0710. The van der Waals surface area contributed by atoms with Gasteiger partial charge in [0.15, 0.2) is 11.6 Å². The van der Waals surface area contributed by atoms with Gasteiger partial charge < -0.3 is 20.1 Å². The summed E-state index contributed by atoms with van der Waals surface area (Å²) >= 11 is 28.6. The predicted octanol–water partition coefficient (Wildman–Crippen LogP) is 10.5. The third-order valence-corrected chi connectivity index (χ3v) is 9.29. The second-order valence-electron chi connectivity index (χ2n) is 13.0. The summed E-state index contributed by atoms with van der Waals surface area (Å²) in [4.78, 5) is 52.7. The molecule has 16 heteroatoms. The Hall–Kier alpha value is -3.16. The fourth-order valence-electron chi connectivity index (χ4n) is 4.67. The summed E-state index contributed by atoms with van der Waals surface area (Å²) in [6, 6.07) is 10.7. The number of carbonyl (C=O) groups is 4. The van der Waals surface area contributed by atoms with E-state index in [2.05, 4.69) is 26.6 Å². The number of benzene rings is 3. The number of hydrogen-bond acceptors (Lipinski definition) is 6. The number of ether oxygens (including phenoxy) is 2. The van der Waals surface area contributed by atoms with Crippen molar-refractivity contribution in [1.29, 1.82) is 0 Å². The molecule has 1 saturated carbocycles. The van der Waals surface area contributed by atoms with Gasteiger partial charge in [-0.25, -0.2) is 18.4 Å². The van der Waals surface area contributed by atoms with Crippen molar-refractivity contribution in [2.75, 3.05) is 15.5 Å². The monoisotopic (exact) mass is 821 g/mol. The van der Waals surface area contributed by atoms with Crippen molar-refractivity contribution in [1.82, 2.24) is 0 Å². The molecule has 0 aromatic heterocycles. The number of nitrogens with one attached hydrogen (secondary N) is 2. The van der Waals surface area contributed by atoms with Crippen molar-refractivity contribution in [2.24, 2.45) is 5.92 Å². The number of imide groups is 1. The fourth-order valence-corrected chi connectivity index (χ4v) is 6.22. The zero-order chi connectivity index (χ0) is 36.8. The molecular weight excluding hydrogens is 794 g/mol. The quantitative estimate of drug-likeness (QED) is 0.239. The molecule has 1 aliphatic rings. The third kappa shape index (κ3) is 8.96. The van der Waals surface area contributed by atoms with E-state index in [4.69, 9.17) is 55.9 Å². The summed E-state index contributed by atoms with van der Waals surface area (Å²) in [6.07, 6.45) is -2.84. The second-order valence-corrected chi connectivity index (χ2v) is 16.1. The number of anilines is 3. The number of halogens is 7. The van der Waals surface area contributed by atoms with E-state index in [1.165, 1.54) is 59.7 Å². The molecule has 3 aromatic carbocycles. The lowest BCUT2D eigenvalue weighted by molar-refractivity contribution is -0.117. The summed E-state index contributed by atoms with van der Waals surface area (Å²) in [5.41, 5.74) is -3.48. The Kier molecular flexibility index (Phi) is 11.2. The van der Waals surface area contributed by atoms with E-state index in [1.54, 1.807) is 18.2 Å². The summed E-state index contributed by atoms with van der Waals surface area (Å²) < 4.78 is 40.7. The highest BCUT2D eigenvalue weighted by Gasteiger charge is 2.67. The van der Waals surface area contributed by atoms with Crippen molar-refractivity contribution in [3.8, 4) is 0 Å². The number of carbonyl (C=O) groups excluding carboxylic acids is 4. The van der Waals surface area contributed by atoms with Crippen LogP contribution in [0.5, 0.6) is 0 Å². The number of alkyl halides is 2. The van der Waals surface area contributed by atoms with Crippen molar-refractivity contribution in [2.45, 2.75) is 63.0 Å². The van der Waals surface area contributed by atoms with Crippen LogP contribution in [0.25, 0.3) is 0 Å². The molecule has 1 aliphatic carbocycles. The number of rotatable bonds is 6. The van der Waals surface area contributed by atoms with Crippen LogP contribution in [-0.4, -0.2) is 39.5 Å². The zero-order valence-electron chi connectivity index (χ0n) is 26.8. The van der Waals surface area contributed by atoms with Gasteiger partial charge in [0.2, 0.25) is 5.91 Å². The van der Waals surface area contributed by atoms with Crippen LogP contribution in [0.4, 0.5) is 35.4 Å². The van der Waals surface area contributed by atoms with Gasteiger partial charge in [0.1, 0.15) is 21.2 Å². The Morgan fingerprint density at radius 3 is 1.96 bits per heavy atom. The SMILES string of the molecule is CC(C)(C)OC(=O)N(C(=O)OC(C)(C)C)c1c(F)ccc(NC(=O)c2cc(NC(=O)C3C(c4ccc(Cl)c(Br)c4)C3(Cl)Cl)ccc2Cl)c1F. The molecule has 0 heterocycles. The molecule has 0 spiro atoms. The van der Waals surface area contributed by atoms with Gasteiger partial charge in [-0.1, -0.05) is 29.3 Å². The van der Waals surface area contributed by atoms with Crippen LogP contribution in [0.1, 0.15) is 63.4 Å². The molecule has 0 saturated heterocycles. The van der Waals surface area contributed by atoms with E-state index in [9.17, 15) is 19.2 Å². The lowest BCUT2D eigenvalue weighted by Crippen LogP contribution is -2.44. The third-order valence-electron chi connectivity index (χ3n) is 6.81. The van der Waals surface area contributed by atoms with E-state index >= 15 is 8.78 Å². The highest BCUT2D eigenvalue weighted by Crippen LogP contribution is 2.65. The number of hydrogen-bond donors (Lipinski definition) is 2. The van der Waals surface area contributed by atoms with E-state index in [0.29, 0.717) is 15.1 Å². The van der Waals surface area contributed by atoms with E-state index < -0.39 is 74.4 Å². The molecule has 2 atom stereocenters. The molecule has 2 unspecified atom stereocenters. The molecule has 49 heavy (non-hydrogen) atoms. The van der Waals surface area contributed by atoms with Crippen molar-refractivity contribution in [3.05, 3.63) is 85.8 Å². The van der Waals surface area contributed by atoms with Gasteiger partial charge in [-0.05, 0) is 106 Å². The molecule has 9 nitrogen and oxygen atoms in total. The summed E-state index contributed by atoms with van der Waals surface area (Å²) in [6.45, 7) is 8.95. The van der Waals surface area contributed by atoms with E-state index in [-0.39, 0.29) is 21.2 Å². The Bertz CT molecular complexity index is 1820. The van der Waals surface area contributed by atoms with Crippen molar-refractivity contribution in [3.63, 3.8) is 0 Å². The van der Waals surface area contributed by atoms with Crippen LogP contribution >= 0.6 is 62.3 Å². The first-order chi connectivity index (χ1) is 22.5. The maximum atomic E-state index is 16.0. The minimum atomic E-state index is -1.49. The highest BCUT2D eigenvalue weighted by molar-refractivity contribution is 9.10. The maximum Gasteiger partial charge on any atom is 0.424 e. The smallest absolute Gasteiger partial charge is 0.424 e. The van der Waals surface area contributed by atoms with Crippen LogP contribution < -0.4 is 15.5 Å². The molecule has 3 aromatic rings. The average Bonchev–Trinajstić information content (AvgIpc) is 3.54. The highest BCUT2D eigenvalue weighted by atomic mass is 79.9. The first-order valence-electron chi connectivity index (χ1n) is 14.5. The molecule has 1 fully saturated rings. The van der Waals surface area contributed by atoms with Gasteiger partial charge in [0.25, 0.3) is 5.91 Å². The molecule has 4 rings (SSSR count). The minimum Gasteiger partial charge on any atom is -0.443 e. The lowest BCUT2D eigenvalue weighted by Gasteiger charge is -2.29.